The molecule has 7 nitrogen and oxygen atoms in total. The maximum absolute atomic E-state index is 10.7. The lowest BCUT2D eigenvalue weighted by Crippen LogP contribution is -2.08. The summed E-state index contributed by atoms with van der Waals surface area (Å²) in [6, 6.07) is 6.33. The van der Waals surface area contributed by atoms with Crippen LogP contribution in [0.3, 0.4) is 0 Å². The minimum atomic E-state index is -0.413. The van der Waals surface area contributed by atoms with Gasteiger partial charge in [0.2, 0.25) is 0 Å². The third kappa shape index (κ3) is 3.12. The fourth-order valence-corrected chi connectivity index (χ4v) is 3.34. The summed E-state index contributed by atoms with van der Waals surface area (Å²) in [7, 11) is 1.90. The number of hydrogen-bond acceptors (Lipinski definition) is 6. The number of nitro benzene ring substituents is 1. The van der Waals surface area contributed by atoms with E-state index >= 15 is 0 Å². The van der Waals surface area contributed by atoms with Crippen molar-refractivity contribution in [3.8, 4) is 11.4 Å². The minimum Gasteiger partial charge on any atom is -0.377 e. The fourth-order valence-electron chi connectivity index (χ4n) is 2.37. The molecule has 0 bridgehead atoms. The van der Waals surface area contributed by atoms with Crippen LogP contribution in [0.4, 0.5) is 5.69 Å². The van der Waals surface area contributed by atoms with Crippen LogP contribution in [0.1, 0.15) is 12.8 Å². The molecule has 1 aliphatic heterocycles. The van der Waals surface area contributed by atoms with E-state index in [1.165, 1.54) is 12.1 Å². The lowest BCUT2D eigenvalue weighted by Gasteiger charge is -2.08. The topological polar surface area (TPSA) is 83.1 Å². The quantitative estimate of drug-likeness (QED) is 0.478. The molecule has 1 saturated heterocycles. The van der Waals surface area contributed by atoms with E-state index in [1.807, 2.05) is 11.6 Å². The molecule has 8 heteroatoms. The summed E-state index contributed by atoms with van der Waals surface area (Å²) in [5, 5.41) is 19.9. The molecule has 1 aromatic carbocycles. The van der Waals surface area contributed by atoms with Crippen molar-refractivity contribution in [2.45, 2.75) is 24.1 Å². The number of thioether (sulfide) groups is 1. The lowest BCUT2D eigenvalue weighted by atomic mass is 10.2. The Morgan fingerprint density at radius 3 is 2.82 bits per heavy atom. The van der Waals surface area contributed by atoms with Crippen LogP contribution in [0, 0.1) is 10.1 Å². The van der Waals surface area contributed by atoms with E-state index < -0.39 is 4.92 Å². The third-order valence-corrected chi connectivity index (χ3v) is 4.75. The molecule has 1 aromatic heterocycles. The van der Waals surface area contributed by atoms with Gasteiger partial charge in [-0.25, -0.2) is 0 Å². The second-order valence-corrected chi connectivity index (χ2v) is 6.10. The van der Waals surface area contributed by atoms with E-state index in [4.69, 9.17) is 4.74 Å². The van der Waals surface area contributed by atoms with Crippen molar-refractivity contribution in [1.29, 1.82) is 0 Å². The molecule has 1 fully saturated rings. The normalized spacial score (nSPS) is 17.8. The minimum absolute atomic E-state index is 0.0684. The molecule has 1 atom stereocenters. The number of hydrogen-bond donors (Lipinski definition) is 0. The highest BCUT2D eigenvalue weighted by Crippen LogP contribution is 2.26. The van der Waals surface area contributed by atoms with Crippen molar-refractivity contribution in [3.63, 3.8) is 0 Å². The van der Waals surface area contributed by atoms with Gasteiger partial charge in [-0.05, 0) is 25.0 Å². The summed E-state index contributed by atoms with van der Waals surface area (Å²) < 4.78 is 7.50. The Hall–Kier alpha value is -1.93. The van der Waals surface area contributed by atoms with Crippen molar-refractivity contribution in [1.82, 2.24) is 14.8 Å². The van der Waals surface area contributed by atoms with Gasteiger partial charge in [0.05, 0.1) is 11.0 Å². The van der Waals surface area contributed by atoms with Crippen molar-refractivity contribution in [2.24, 2.45) is 7.05 Å². The van der Waals surface area contributed by atoms with Crippen LogP contribution >= 0.6 is 11.8 Å². The average Bonchev–Trinajstić information content (AvgIpc) is 3.15. The van der Waals surface area contributed by atoms with Crippen molar-refractivity contribution < 1.29 is 9.66 Å². The van der Waals surface area contributed by atoms with Crippen molar-refractivity contribution in [2.75, 3.05) is 12.4 Å². The molecule has 22 heavy (non-hydrogen) atoms. The average molecular weight is 320 g/mol. The molecule has 2 aromatic rings. The Bertz CT molecular complexity index is 665. The number of ether oxygens (including phenoxy) is 1. The number of nitrogens with zero attached hydrogens (tertiary/aromatic N) is 4. The van der Waals surface area contributed by atoms with E-state index in [-0.39, 0.29) is 5.69 Å². The Morgan fingerprint density at radius 2 is 2.18 bits per heavy atom. The largest absolute Gasteiger partial charge is 0.377 e. The van der Waals surface area contributed by atoms with Gasteiger partial charge in [0, 0.05) is 37.1 Å². The molecule has 3 rings (SSSR count). The molecule has 0 amide bonds. The molecule has 0 saturated carbocycles. The smallest absolute Gasteiger partial charge is 0.269 e. The number of nitro groups is 1. The molecule has 0 unspecified atom stereocenters. The van der Waals surface area contributed by atoms with Gasteiger partial charge in [-0.2, -0.15) is 0 Å². The van der Waals surface area contributed by atoms with Gasteiger partial charge in [0.1, 0.15) is 0 Å². The first-order valence-electron chi connectivity index (χ1n) is 7.04. The van der Waals surface area contributed by atoms with E-state index in [1.54, 1.807) is 23.9 Å². The van der Waals surface area contributed by atoms with Crippen LogP contribution in [0.5, 0.6) is 0 Å². The number of aromatic nitrogens is 3. The molecular weight excluding hydrogens is 304 g/mol. The number of benzene rings is 1. The predicted octanol–water partition coefficient (Wildman–Crippen LogP) is 2.66. The summed E-state index contributed by atoms with van der Waals surface area (Å²) in [6.45, 7) is 0.845. The monoisotopic (exact) mass is 320 g/mol. The highest BCUT2D eigenvalue weighted by Gasteiger charge is 2.18. The van der Waals surface area contributed by atoms with E-state index in [9.17, 15) is 10.1 Å². The molecule has 0 aliphatic carbocycles. The Balaban J connectivity index is 1.73. The second kappa shape index (κ2) is 6.45. The Morgan fingerprint density at radius 1 is 1.41 bits per heavy atom. The van der Waals surface area contributed by atoms with Gasteiger partial charge in [0.25, 0.3) is 5.69 Å². The van der Waals surface area contributed by atoms with Gasteiger partial charge in [0.15, 0.2) is 11.0 Å². The van der Waals surface area contributed by atoms with Crippen LogP contribution in [-0.2, 0) is 11.8 Å². The Kier molecular flexibility index (Phi) is 4.39. The summed E-state index contributed by atoms with van der Waals surface area (Å²) in [4.78, 5) is 10.3. The van der Waals surface area contributed by atoms with Gasteiger partial charge in [-0.3, -0.25) is 10.1 Å². The molecule has 0 N–H and O–H groups in total. The van der Waals surface area contributed by atoms with Gasteiger partial charge >= 0.3 is 0 Å². The van der Waals surface area contributed by atoms with Gasteiger partial charge < -0.3 is 9.30 Å². The SMILES string of the molecule is Cn1c(SC[C@@H]2CCCO2)nnc1-c1ccc([N+](=O)[O-])cc1. The predicted molar refractivity (Wildman–Crippen MR) is 82.8 cm³/mol. The molecule has 116 valence electrons. The summed E-state index contributed by atoms with van der Waals surface area (Å²) in [5.41, 5.74) is 0.878. The highest BCUT2D eigenvalue weighted by atomic mass is 32.2. The summed E-state index contributed by atoms with van der Waals surface area (Å²) >= 11 is 1.62. The van der Waals surface area contributed by atoms with Gasteiger partial charge in [-0.1, -0.05) is 11.8 Å². The maximum atomic E-state index is 10.7. The molecule has 0 spiro atoms. The molecule has 1 aliphatic rings. The number of rotatable bonds is 5. The molecule has 2 heterocycles. The highest BCUT2D eigenvalue weighted by molar-refractivity contribution is 7.99. The Labute approximate surface area is 131 Å². The first kappa shape index (κ1) is 15.0. The first-order chi connectivity index (χ1) is 10.6. The fraction of sp³-hybridized carbons (Fsp3) is 0.429. The first-order valence-corrected chi connectivity index (χ1v) is 8.02. The summed E-state index contributed by atoms with van der Waals surface area (Å²) in [5.74, 6) is 1.57. The van der Waals surface area contributed by atoms with E-state index in [2.05, 4.69) is 10.2 Å². The van der Waals surface area contributed by atoms with E-state index in [0.29, 0.717) is 11.9 Å². The van der Waals surface area contributed by atoms with Crippen LogP contribution in [0.2, 0.25) is 0 Å². The van der Waals surface area contributed by atoms with Crippen LogP contribution in [0.25, 0.3) is 11.4 Å². The summed E-state index contributed by atoms with van der Waals surface area (Å²) in [6.07, 6.45) is 2.52. The lowest BCUT2D eigenvalue weighted by molar-refractivity contribution is -0.384. The second-order valence-electron chi connectivity index (χ2n) is 5.12. The molecular formula is C14H16N4O3S. The molecule has 0 radical (unpaired) electrons. The van der Waals surface area contributed by atoms with Crippen LogP contribution in [-0.4, -0.2) is 38.2 Å². The zero-order chi connectivity index (χ0) is 15.5. The van der Waals surface area contributed by atoms with Crippen LogP contribution in [0.15, 0.2) is 29.4 Å². The van der Waals surface area contributed by atoms with Gasteiger partial charge in [-0.15, -0.1) is 10.2 Å². The van der Waals surface area contributed by atoms with Crippen molar-refractivity contribution in [3.05, 3.63) is 34.4 Å². The van der Waals surface area contributed by atoms with E-state index in [0.717, 1.165) is 35.9 Å². The zero-order valence-corrected chi connectivity index (χ0v) is 13.0. The standard InChI is InChI=1S/C14H16N4O3S/c1-17-13(10-4-6-11(7-5-10)18(19)20)15-16-14(17)22-9-12-3-2-8-21-12/h4-7,12H,2-3,8-9H2,1H3/t12-/m0/s1. The van der Waals surface area contributed by atoms with Crippen molar-refractivity contribution >= 4 is 17.4 Å². The third-order valence-electron chi connectivity index (χ3n) is 3.59. The number of non-ortho nitro benzene ring substituents is 1. The zero-order valence-electron chi connectivity index (χ0n) is 12.1. The van der Waals surface area contributed by atoms with Crippen LogP contribution < -0.4 is 0 Å². The maximum Gasteiger partial charge on any atom is 0.269 e.